The van der Waals surface area contributed by atoms with Crippen molar-refractivity contribution in [2.45, 2.75) is 24.8 Å². The molecule has 2 fully saturated rings. The maximum atomic E-state index is 12.6. The zero-order chi connectivity index (χ0) is 8.93. The van der Waals surface area contributed by atoms with E-state index in [1.807, 2.05) is 0 Å². The Morgan fingerprint density at radius 1 is 1.42 bits per heavy atom. The van der Waals surface area contributed by atoms with Gasteiger partial charge in [0.1, 0.15) is 0 Å². The molecule has 0 spiro atoms. The van der Waals surface area contributed by atoms with Gasteiger partial charge >= 0.3 is 6.09 Å². The summed E-state index contributed by atoms with van der Waals surface area (Å²) in [7, 11) is 0. The Hall–Kier alpha value is -0.870. The van der Waals surface area contributed by atoms with Crippen molar-refractivity contribution in [3.8, 4) is 0 Å². The summed E-state index contributed by atoms with van der Waals surface area (Å²) >= 11 is 0. The SMILES string of the molecule is O=C(O)NC1[C@H]2CC(F)(F)C[C@@H]12. The second kappa shape index (κ2) is 2.08. The first-order chi connectivity index (χ1) is 5.49. The van der Waals surface area contributed by atoms with Crippen molar-refractivity contribution in [3.05, 3.63) is 0 Å². The molecule has 68 valence electrons. The van der Waals surface area contributed by atoms with Crippen molar-refractivity contribution in [1.29, 1.82) is 0 Å². The van der Waals surface area contributed by atoms with Gasteiger partial charge in [-0.15, -0.1) is 0 Å². The van der Waals surface area contributed by atoms with Gasteiger partial charge in [-0.2, -0.15) is 0 Å². The van der Waals surface area contributed by atoms with Gasteiger partial charge < -0.3 is 10.4 Å². The van der Waals surface area contributed by atoms with Gasteiger partial charge in [0.25, 0.3) is 0 Å². The van der Waals surface area contributed by atoms with Crippen molar-refractivity contribution in [1.82, 2.24) is 5.32 Å². The predicted molar refractivity (Wildman–Crippen MR) is 36.1 cm³/mol. The number of hydrogen-bond donors (Lipinski definition) is 2. The summed E-state index contributed by atoms with van der Waals surface area (Å²) in [6.07, 6.45) is -1.41. The molecule has 0 aromatic carbocycles. The van der Waals surface area contributed by atoms with Crippen LogP contribution >= 0.6 is 0 Å². The van der Waals surface area contributed by atoms with E-state index in [9.17, 15) is 13.6 Å². The molecule has 5 heteroatoms. The van der Waals surface area contributed by atoms with Gasteiger partial charge in [0.15, 0.2) is 0 Å². The summed E-state index contributed by atoms with van der Waals surface area (Å²) in [6.45, 7) is 0. The Balaban J connectivity index is 1.87. The smallest absolute Gasteiger partial charge is 0.404 e. The first-order valence-corrected chi connectivity index (χ1v) is 3.87. The summed E-state index contributed by atoms with van der Waals surface area (Å²) in [5.41, 5.74) is 0. The van der Waals surface area contributed by atoms with Crippen molar-refractivity contribution < 1.29 is 18.7 Å². The van der Waals surface area contributed by atoms with Crippen LogP contribution < -0.4 is 5.32 Å². The lowest BCUT2D eigenvalue weighted by atomic mass is 10.2. The number of amides is 1. The molecule has 0 bridgehead atoms. The van der Waals surface area contributed by atoms with Crippen molar-refractivity contribution in [2.75, 3.05) is 0 Å². The zero-order valence-corrected chi connectivity index (χ0v) is 6.26. The van der Waals surface area contributed by atoms with Crippen molar-refractivity contribution in [3.63, 3.8) is 0 Å². The fourth-order valence-corrected chi connectivity index (χ4v) is 2.13. The lowest BCUT2D eigenvalue weighted by molar-refractivity contribution is -0.00618. The van der Waals surface area contributed by atoms with E-state index in [2.05, 4.69) is 5.32 Å². The molecule has 2 rings (SSSR count). The third kappa shape index (κ3) is 1.13. The number of carboxylic acid groups (broad SMARTS) is 1. The topological polar surface area (TPSA) is 49.3 Å². The molecule has 2 aliphatic carbocycles. The summed E-state index contributed by atoms with van der Waals surface area (Å²) in [4.78, 5) is 10.1. The third-order valence-electron chi connectivity index (χ3n) is 2.69. The number of alkyl halides is 2. The standard InChI is InChI=1S/C7H9F2NO2/c8-7(9)1-3-4(2-7)5(3)10-6(11)12/h3-5,10H,1-2H2,(H,11,12)/t3-,4+,5?. The molecule has 2 saturated carbocycles. The molecule has 3 atom stereocenters. The molecule has 0 aliphatic heterocycles. The summed E-state index contributed by atoms with van der Waals surface area (Å²) < 4.78 is 25.1. The van der Waals surface area contributed by atoms with Crippen LogP contribution in [0.3, 0.4) is 0 Å². The van der Waals surface area contributed by atoms with Crippen LogP contribution in [-0.2, 0) is 0 Å². The molecule has 0 aromatic rings. The van der Waals surface area contributed by atoms with Gasteiger partial charge in [0.2, 0.25) is 5.92 Å². The second-order valence-electron chi connectivity index (χ2n) is 3.57. The van der Waals surface area contributed by atoms with Crippen LogP contribution in [0.15, 0.2) is 0 Å². The van der Waals surface area contributed by atoms with Crippen LogP contribution in [0.5, 0.6) is 0 Å². The number of carbonyl (C=O) groups is 1. The van der Waals surface area contributed by atoms with E-state index in [1.54, 1.807) is 0 Å². The fourth-order valence-electron chi connectivity index (χ4n) is 2.13. The molecular weight excluding hydrogens is 168 g/mol. The highest BCUT2D eigenvalue weighted by molar-refractivity contribution is 5.65. The molecule has 1 amide bonds. The van der Waals surface area contributed by atoms with E-state index in [4.69, 9.17) is 5.11 Å². The minimum absolute atomic E-state index is 0.115. The van der Waals surface area contributed by atoms with Gasteiger partial charge in [-0.1, -0.05) is 0 Å². The number of fused-ring (bicyclic) bond motifs is 1. The van der Waals surface area contributed by atoms with Crippen LogP contribution in [0.1, 0.15) is 12.8 Å². The van der Waals surface area contributed by atoms with Crippen molar-refractivity contribution in [2.24, 2.45) is 11.8 Å². The van der Waals surface area contributed by atoms with Crippen LogP contribution in [0, 0.1) is 11.8 Å². The molecule has 3 nitrogen and oxygen atoms in total. The first-order valence-electron chi connectivity index (χ1n) is 3.87. The Bertz CT molecular complexity index is 217. The van der Waals surface area contributed by atoms with E-state index in [0.29, 0.717) is 0 Å². The average Bonchev–Trinajstić information content (AvgIpc) is 2.42. The van der Waals surface area contributed by atoms with Crippen LogP contribution in [0.4, 0.5) is 13.6 Å². The third-order valence-corrected chi connectivity index (χ3v) is 2.69. The number of rotatable bonds is 1. The molecule has 0 aromatic heterocycles. The summed E-state index contributed by atoms with van der Waals surface area (Å²) in [5, 5.41) is 10.6. The van der Waals surface area contributed by atoms with Crippen molar-refractivity contribution >= 4 is 6.09 Å². The van der Waals surface area contributed by atoms with Crippen LogP contribution in [-0.4, -0.2) is 23.2 Å². The molecular formula is C7H9F2NO2. The Kier molecular flexibility index (Phi) is 1.35. The van der Waals surface area contributed by atoms with Gasteiger partial charge in [0.05, 0.1) is 0 Å². The highest BCUT2D eigenvalue weighted by Crippen LogP contribution is 2.58. The average molecular weight is 177 g/mol. The van der Waals surface area contributed by atoms with E-state index >= 15 is 0 Å². The van der Waals surface area contributed by atoms with E-state index in [-0.39, 0.29) is 30.7 Å². The molecule has 2 aliphatic rings. The number of halogens is 2. The normalized spacial score (nSPS) is 42.0. The van der Waals surface area contributed by atoms with E-state index in [0.717, 1.165) is 0 Å². The molecule has 0 saturated heterocycles. The Labute approximate surface area is 67.8 Å². The minimum atomic E-state index is -2.55. The number of hydrogen-bond acceptors (Lipinski definition) is 1. The first kappa shape index (κ1) is 7.76. The van der Waals surface area contributed by atoms with E-state index < -0.39 is 12.0 Å². The monoisotopic (exact) mass is 177 g/mol. The maximum absolute atomic E-state index is 12.6. The quantitative estimate of drug-likeness (QED) is 0.634. The lowest BCUT2D eigenvalue weighted by Crippen LogP contribution is -2.29. The molecule has 12 heavy (non-hydrogen) atoms. The Morgan fingerprint density at radius 3 is 2.33 bits per heavy atom. The van der Waals surface area contributed by atoms with Gasteiger partial charge in [-0.25, -0.2) is 13.6 Å². The molecule has 2 N–H and O–H groups in total. The minimum Gasteiger partial charge on any atom is -0.465 e. The summed E-state index contributed by atoms with van der Waals surface area (Å²) in [6, 6.07) is -0.206. The predicted octanol–water partition coefficient (Wildman–Crippen LogP) is 1.30. The van der Waals surface area contributed by atoms with E-state index in [1.165, 1.54) is 0 Å². The molecule has 1 unspecified atom stereocenters. The van der Waals surface area contributed by atoms with Gasteiger partial charge in [-0.3, -0.25) is 0 Å². The lowest BCUT2D eigenvalue weighted by Gasteiger charge is -2.12. The number of nitrogens with one attached hydrogen (secondary N) is 1. The fraction of sp³-hybridized carbons (Fsp3) is 0.857. The Morgan fingerprint density at radius 2 is 1.92 bits per heavy atom. The largest absolute Gasteiger partial charge is 0.465 e. The van der Waals surface area contributed by atoms with Gasteiger partial charge in [0, 0.05) is 18.9 Å². The molecule has 0 radical (unpaired) electrons. The summed E-state index contributed by atoms with van der Waals surface area (Å²) in [5.74, 6) is -2.78. The van der Waals surface area contributed by atoms with Crippen LogP contribution in [0.2, 0.25) is 0 Å². The van der Waals surface area contributed by atoms with Crippen LogP contribution in [0.25, 0.3) is 0 Å². The van der Waals surface area contributed by atoms with Gasteiger partial charge in [-0.05, 0) is 11.8 Å². The highest BCUT2D eigenvalue weighted by Gasteiger charge is 2.63. The maximum Gasteiger partial charge on any atom is 0.404 e. The zero-order valence-electron chi connectivity index (χ0n) is 6.26. The second-order valence-corrected chi connectivity index (χ2v) is 3.57. The highest BCUT2D eigenvalue weighted by atomic mass is 19.3. The molecule has 0 heterocycles.